The van der Waals surface area contributed by atoms with Crippen LogP contribution in [0.5, 0.6) is 5.75 Å². The van der Waals surface area contributed by atoms with Crippen molar-refractivity contribution in [3.05, 3.63) is 102 Å². The summed E-state index contributed by atoms with van der Waals surface area (Å²) in [6, 6.07) is 24.9. The van der Waals surface area contributed by atoms with Crippen LogP contribution in [0.25, 0.3) is 0 Å². The van der Waals surface area contributed by atoms with Gasteiger partial charge in [-0.1, -0.05) is 78.9 Å². The van der Waals surface area contributed by atoms with Crippen molar-refractivity contribution >= 4 is 5.97 Å². The number of ether oxygens (including phenoxy) is 1. The summed E-state index contributed by atoms with van der Waals surface area (Å²) in [4.78, 5) is 12.3. The molecule has 25 heavy (non-hydrogen) atoms. The van der Waals surface area contributed by atoms with Gasteiger partial charge in [0, 0.05) is 5.56 Å². The first kappa shape index (κ1) is 16.9. The van der Waals surface area contributed by atoms with Gasteiger partial charge < -0.3 is 15.6 Å². The van der Waals surface area contributed by atoms with Crippen molar-refractivity contribution in [2.45, 2.75) is 12.1 Å². The average molecular weight is 333 g/mol. The van der Waals surface area contributed by atoms with Crippen LogP contribution in [0.1, 0.15) is 28.8 Å². The Hall–Kier alpha value is -2.95. The van der Waals surface area contributed by atoms with Gasteiger partial charge in [0.1, 0.15) is 5.75 Å². The molecular weight excluding hydrogens is 314 g/mol. The van der Waals surface area contributed by atoms with Gasteiger partial charge in [-0.3, -0.25) is 0 Å². The van der Waals surface area contributed by atoms with Gasteiger partial charge in [0.05, 0.1) is 6.04 Å². The predicted molar refractivity (Wildman–Crippen MR) is 96.0 cm³/mol. The minimum atomic E-state index is -1.35. The second-order valence-electron chi connectivity index (χ2n) is 5.66. The zero-order valence-corrected chi connectivity index (χ0v) is 13.6. The maximum atomic E-state index is 12.3. The first-order valence-corrected chi connectivity index (χ1v) is 8.01. The molecular formula is C21H19NO3. The highest BCUT2D eigenvalue weighted by Crippen LogP contribution is 2.29. The van der Waals surface area contributed by atoms with Crippen LogP contribution in [-0.2, 0) is 4.79 Å². The van der Waals surface area contributed by atoms with Crippen LogP contribution in [0.3, 0.4) is 0 Å². The fourth-order valence-electron chi connectivity index (χ4n) is 2.61. The molecule has 4 nitrogen and oxygen atoms in total. The lowest BCUT2D eigenvalue weighted by molar-refractivity contribution is -0.144. The Bertz CT molecular complexity index is 834. The second kappa shape index (κ2) is 7.75. The molecule has 126 valence electrons. The van der Waals surface area contributed by atoms with E-state index in [2.05, 4.69) is 0 Å². The molecule has 0 aliphatic heterocycles. The van der Waals surface area contributed by atoms with Gasteiger partial charge in [0.25, 0.3) is 0 Å². The molecule has 0 spiro atoms. The zero-order chi connectivity index (χ0) is 17.6. The minimum Gasteiger partial charge on any atom is -0.424 e. The van der Waals surface area contributed by atoms with Crippen LogP contribution in [0, 0.1) is 0 Å². The smallest absolute Gasteiger partial charge is 0.345 e. The third-order valence-electron chi connectivity index (χ3n) is 3.96. The van der Waals surface area contributed by atoms with Crippen molar-refractivity contribution in [3.63, 3.8) is 0 Å². The van der Waals surface area contributed by atoms with E-state index in [9.17, 15) is 9.90 Å². The third-order valence-corrected chi connectivity index (χ3v) is 3.96. The van der Waals surface area contributed by atoms with Crippen LogP contribution < -0.4 is 10.5 Å². The summed E-state index contributed by atoms with van der Waals surface area (Å²) >= 11 is 0. The molecule has 0 fully saturated rings. The number of rotatable bonds is 5. The van der Waals surface area contributed by atoms with Gasteiger partial charge in [0.15, 0.2) is 6.10 Å². The quantitative estimate of drug-likeness (QED) is 0.555. The van der Waals surface area contributed by atoms with E-state index >= 15 is 0 Å². The third kappa shape index (κ3) is 3.94. The Morgan fingerprint density at radius 1 is 0.800 bits per heavy atom. The average Bonchev–Trinajstić information content (AvgIpc) is 2.68. The van der Waals surface area contributed by atoms with Gasteiger partial charge >= 0.3 is 5.97 Å². The number of nitrogens with two attached hydrogens (primary N) is 1. The topological polar surface area (TPSA) is 72.5 Å². The highest BCUT2D eigenvalue weighted by atomic mass is 16.5. The molecule has 0 heterocycles. The van der Waals surface area contributed by atoms with E-state index in [-0.39, 0.29) is 0 Å². The fraction of sp³-hybridized carbons (Fsp3) is 0.0952. The monoisotopic (exact) mass is 333 g/mol. The number of hydrogen-bond acceptors (Lipinski definition) is 4. The van der Waals surface area contributed by atoms with E-state index in [0.29, 0.717) is 16.9 Å². The van der Waals surface area contributed by atoms with Crippen LogP contribution in [0.15, 0.2) is 84.9 Å². The highest BCUT2D eigenvalue weighted by Gasteiger charge is 2.22. The van der Waals surface area contributed by atoms with E-state index in [4.69, 9.17) is 10.5 Å². The van der Waals surface area contributed by atoms with Gasteiger partial charge in [-0.15, -0.1) is 0 Å². The molecule has 0 aromatic heterocycles. The van der Waals surface area contributed by atoms with Crippen molar-refractivity contribution < 1.29 is 14.6 Å². The summed E-state index contributed by atoms with van der Waals surface area (Å²) in [6.45, 7) is 0. The molecule has 3 aromatic carbocycles. The molecule has 0 saturated carbocycles. The lowest BCUT2D eigenvalue weighted by atomic mass is 9.99. The SMILES string of the molecule is NC(c1ccccc1)c1ccccc1OC(=O)C(O)c1ccccc1. The molecule has 2 unspecified atom stereocenters. The van der Waals surface area contributed by atoms with Crippen molar-refractivity contribution in [2.24, 2.45) is 5.73 Å². The van der Waals surface area contributed by atoms with E-state index < -0.39 is 18.1 Å². The van der Waals surface area contributed by atoms with Crippen molar-refractivity contribution in [3.8, 4) is 5.75 Å². The number of esters is 1. The lowest BCUT2D eigenvalue weighted by Gasteiger charge is -2.18. The maximum absolute atomic E-state index is 12.3. The van der Waals surface area contributed by atoms with Crippen molar-refractivity contribution in [2.75, 3.05) is 0 Å². The van der Waals surface area contributed by atoms with Crippen LogP contribution in [0.4, 0.5) is 0 Å². The molecule has 2 atom stereocenters. The summed E-state index contributed by atoms with van der Waals surface area (Å²) in [7, 11) is 0. The second-order valence-corrected chi connectivity index (χ2v) is 5.66. The predicted octanol–water partition coefficient (Wildman–Crippen LogP) is 3.37. The van der Waals surface area contributed by atoms with Gasteiger partial charge in [-0.05, 0) is 17.2 Å². The molecule has 0 aliphatic rings. The summed E-state index contributed by atoms with van der Waals surface area (Å²) in [5, 5.41) is 10.2. The number of aliphatic hydroxyl groups is 1. The number of aliphatic hydroxyl groups excluding tert-OH is 1. The molecule has 0 aliphatic carbocycles. The van der Waals surface area contributed by atoms with E-state index in [0.717, 1.165) is 5.56 Å². The standard InChI is InChI=1S/C21H19NO3/c22-19(15-9-3-1-4-10-15)17-13-7-8-14-18(17)25-21(24)20(23)16-11-5-2-6-12-16/h1-14,19-20,23H,22H2. The first-order valence-electron chi connectivity index (χ1n) is 8.01. The Morgan fingerprint density at radius 3 is 1.96 bits per heavy atom. The number of para-hydroxylation sites is 1. The van der Waals surface area contributed by atoms with Gasteiger partial charge in [-0.2, -0.15) is 0 Å². The molecule has 3 N–H and O–H groups in total. The van der Waals surface area contributed by atoms with E-state index in [1.165, 1.54) is 0 Å². The molecule has 0 saturated heterocycles. The maximum Gasteiger partial charge on any atom is 0.345 e. The fourth-order valence-corrected chi connectivity index (χ4v) is 2.61. The molecule has 3 rings (SSSR count). The summed E-state index contributed by atoms with van der Waals surface area (Å²) in [5.41, 5.74) is 8.40. The Labute approximate surface area is 146 Å². The minimum absolute atomic E-state index is 0.346. The van der Waals surface area contributed by atoms with Gasteiger partial charge in [0.2, 0.25) is 0 Å². The number of hydrogen-bond donors (Lipinski definition) is 2. The van der Waals surface area contributed by atoms with Gasteiger partial charge in [-0.25, -0.2) is 4.79 Å². The lowest BCUT2D eigenvalue weighted by Crippen LogP contribution is -2.20. The normalized spacial score (nSPS) is 13.0. The summed E-state index contributed by atoms with van der Waals surface area (Å²) in [5.74, 6) is -0.391. The largest absolute Gasteiger partial charge is 0.424 e. The van der Waals surface area contributed by atoms with Crippen LogP contribution in [0.2, 0.25) is 0 Å². The molecule has 0 radical (unpaired) electrons. The number of carbonyl (C=O) groups is 1. The van der Waals surface area contributed by atoms with Crippen LogP contribution in [-0.4, -0.2) is 11.1 Å². The van der Waals surface area contributed by atoms with E-state index in [1.807, 2.05) is 48.5 Å². The Kier molecular flexibility index (Phi) is 5.23. The molecule has 4 heteroatoms. The van der Waals surface area contributed by atoms with Crippen molar-refractivity contribution in [1.29, 1.82) is 0 Å². The molecule has 3 aromatic rings. The van der Waals surface area contributed by atoms with Crippen molar-refractivity contribution in [1.82, 2.24) is 0 Å². The highest BCUT2D eigenvalue weighted by molar-refractivity contribution is 5.79. The van der Waals surface area contributed by atoms with Crippen LogP contribution >= 0.6 is 0 Å². The zero-order valence-electron chi connectivity index (χ0n) is 13.6. The molecule has 0 amide bonds. The first-order chi connectivity index (χ1) is 12.2. The Morgan fingerprint density at radius 2 is 1.32 bits per heavy atom. The summed E-state index contributed by atoms with van der Waals surface area (Å²) in [6.07, 6.45) is -1.35. The Balaban J connectivity index is 1.83. The molecule has 0 bridgehead atoms. The summed E-state index contributed by atoms with van der Waals surface area (Å²) < 4.78 is 5.44. The number of carbonyl (C=O) groups excluding carboxylic acids is 1. The van der Waals surface area contributed by atoms with E-state index in [1.54, 1.807) is 36.4 Å². The number of benzene rings is 3.